The molecule has 0 saturated carbocycles. The predicted molar refractivity (Wildman–Crippen MR) is 87.2 cm³/mol. The fourth-order valence-corrected chi connectivity index (χ4v) is 2.24. The number of rotatable bonds is 5. The normalized spacial score (nSPS) is 10.6. The van der Waals surface area contributed by atoms with Crippen LogP contribution in [-0.4, -0.2) is 30.2 Å². The van der Waals surface area contributed by atoms with E-state index in [2.05, 4.69) is 30.2 Å². The van der Waals surface area contributed by atoms with Crippen LogP contribution < -0.4 is 0 Å². The Balaban J connectivity index is 1.42. The molecular weight excluding hydrogens is 334 g/mol. The first-order valence-electron chi connectivity index (χ1n) is 7.74. The second-order valence-corrected chi connectivity index (χ2v) is 5.30. The first kappa shape index (κ1) is 15.6. The fraction of sp³-hybridized carbons (Fsp3) is 0.118. The van der Waals surface area contributed by atoms with Gasteiger partial charge in [-0.3, -0.25) is 9.97 Å². The van der Waals surface area contributed by atoms with Crippen LogP contribution in [0.3, 0.4) is 0 Å². The molecule has 0 radical (unpaired) electrons. The molecule has 9 nitrogen and oxygen atoms in total. The topological polar surface area (TPSA) is 127 Å². The van der Waals surface area contributed by atoms with Gasteiger partial charge in [-0.15, -0.1) is 0 Å². The van der Waals surface area contributed by atoms with E-state index < -0.39 is 0 Å². The van der Waals surface area contributed by atoms with Crippen LogP contribution in [0.1, 0.15) is 17.3 Å². The van der Waals surface area contributed by atoms with Gasteiger partial charge in [-0.1, -0.05) is 10.3 Å². The number of aromatic nitrogens is 6. The minimum Gasteiger partial charge on any atom is -0.339 e. The van der Waals surface area contributed by atoms with Crippen LogP contribution >= 0.6 is 0 Å². The second-order valence-electron chi connectivity index (χ2n) is 5.30. The van der Waals surface area contributed by atoms with Crippen LogP contribution in [0.4, 0.5) is 0 Å². The molecule has 0 aromatic carbocycles. The molecule has 0 N–H and O–H groups in total. The molecule has 4 heterocycles. The monoisotopic (exact) mass is 345 g/mol. The van der Waals surface area contributed by atoms with E-state index in [0.29, 0.717) is 47.5 Å². The third-order valence-corrected chi connectivity index (χ3v) is 3.55. The molecule has 0 spiro atoms. The molecule has 0 aliphatic carbocycles. The largest absolute Gasteiger partial charge is 0.339 e. The zero-order valence-corrected chi connectivity index (χ0v) is 13.4. The lowest BCUT2D eigenvalue weighted by atomic mass is 10.2. The molecule has 0 atom stereocenters. The molecule has 0 bridgehead atoms. The highest BCUT2D eigenvalue weighted by Crippen LogP contribution is 2.16. The average molecular weight is 345 g/mol. The van der Waals surface area contributed by atoms with Crippen LogP contribution in [0.25, 0.3) is 22.9 Å². The smallest absolute Gasteiger partial charge is 0.227 e. The van der Waals surface area contributed by atoms with Crippen molar-refractivity contribution in [1.29, 1.82) is 5.26 Å². The Morgan fingerprint density at radius 3 is 2.23 bits per heavy atom. The van der Waals surface area contributed by atoms with Crippen molar-refractivity contribution < 1.29 is 9.05 Å². The van der Waals surface area contributed by atoms with Crippen molar-refractivity contribution in [2.75, 3.05) is 0 Å². The SMILES string of the molecule is N#Cc1ccc(-c2noc(CCc3nc(-c4ccncc4)no3)n2)nc1. The third-order valence-electron chi connectivity index (χ3n) is 3.55. The lowest BCUT2D eigenvalue weighted by molar-refractivity contribution is 0.354. The Morgan fingerprint density at radius 1 is 0.885 bits per heavy atom. The van der Waals surface area contributed by atoms with Gasteiger partial charge in [-0.25, -0.2) is 0 Å². The maximum Gasteiger partial charge on any atom is 0.227 e. The van der Waals surface area contributed by atoms with E-state index in [9.17, 15) is 0 Å². The van der Waals surface area contributed by atoms with Gasteiger partial charge in [0.25, 0.3) is 0 Å². The van der Waals surface area contributed by atoms with E-state index in [1.54, 1.807) is 24.5 Å². The van der Waals surface area contributed by atoms with Crippen molar-refractivity contribution in [2.45, 2.75) is 12.8 Å². The van der Waals surface area contributed by atoms with Gasteiger partial charge in [0.2, 0.25) is 23.4 Å². The number of hydrogen-bond acceptors (Lipinski definition) is 9. The highest BCUT2D eigenvalue weighted by molar-refractivity contribution is 5.52. The number of pyridine rings is 2. The van der Waals surface area contributed by atoms with Gasteiger partial charge in [-0.2, -0.15) is 15.2 Å². The van der Waals surface area contributed by atoms with E-state index in [4.69, 9.17) is 14.3 Å². The lowest BCUT2D eigenvalue weighted by Crippen LogP contribution is -1.93. The summed E-state index contributed by atoms with van der Waals surface area (Å²) >= 11 is 0. The molecule has 0 fully saturated rings. The summed E-state index contributed by atoms with van der Waals surface area (Å²) in [5, 5.41) is 16.6. The van der Waals surface area contributed by atoms with E-state index in [1.807, 2.05) is 18.2 Å². The van der Waals surface area contributed by atoms with Crippen molar-refractivity contribution in [3.8, 4) is 29.0 Å². The maximum absolute atomic E-state index is 8.79. The zero-order chi connectivity index (χ0) is 17.8. The summed E-state index contributed by atoms with van der Waals surface area (Å²) in [6, 6.07) is 8.95. The number of nitriles is 1. The molecule has 4 aromatic heterocycles. The van der Waals surface area contributed by atoms with Crippen molar-refractivity contribution >= 4 is 0 Å². The van der Waals surface area contributed by atoms with Gasteiger partial charge >= 0.3 is 0 Å². The number of aryl methyl sites for hydroxylation is 2. The lowest BCUT2D eigenvalue weighted by Gasteiger charge is -1.92. The summed E-state index contributed by atoms with van der Waals surface area (Å²) in [7, 11) is 0. The summed E-state index contributed by atoms with van der Waals surface area (Å²) < 4.78 is 10.5. The Kier molecular flexibility index (Phi) is 4.14. The van der Waals surface area contributed by atoms with E-state index in [1.165, 1.54) is 6.20 Å². The molecule has 26 heavy (non-hydrogen) atoms. The van der Waals surface area contributed by atoms with Crippen LogP contribution in [0, 0.1) is 11.3 Å². The first-order valence-corrected chi connectivity index (χ1v) is 7.74. The van der Waals surface area contributed by atoms with Crippen LogP contribution in [0.5, 0.6) is 0 Å². The highest BCUT2D eigenvalue weighted by Gasteiger charge is 2.13. The van der Waals surface area contributed by atoms with E-state index in [0.717, 1.165) is 5.56 Å². The quantitative estimate of drug-likeness (QED) is 0.534. The van der Waals surface area contributed by atoms with Crippen LogP contribution in [0.2, 0.25) is 0 Å². The molecule has 0 amide bonds. The number of hydrogen-bond donors (Lipinski definition) is 0. The molecule has 9 heteroatoms. The van der Waals surface area contributed by atoms with Gasteiger partial charge in [0.15, 0.2) is 0 Å². The van der Waals surface area contributed by atoms with E-state index >= 15 is 0 Å². The summed E-state index contributed by atoms with van der Waals surface area (Å²) in [6.07, 6.45) is 5.73. The fourth-order valence-electron chi connectivity index (χ4n) is 2.24. The molecule has 0 aliphatic heterocycles. The summed E-state index contributed by atoms with van der Waals surface area (Å²) in [5.41, 5.74) is 1.84. The van der Waals surface area contributed by atoms with Gasteiger partial charge < -0.3 is 9.05 Å². The average Bonchev–Trinajstić information content (AvgIpc) is 3.37. The van der Waals surface area contributed by atoms with Gasteiger partial charge in [0, 0.05) is 37.0 Å². The Labute approximate surface area is 147 Å². The summed E-state index contributed by atoms with van der Waals surface area (Å²) in [6.45, 7) is 0. The first-order chi connectivity index (χ1) is 12.8. The van der Waals surface area contributed by atoms with Gasteiger partial charge in [0.1, 0.15) is 11.8 Å². The van der Waals surface area contributed by atoms with Crippen molar-refractivity contribution in [3.63, 3.8) is 0 Å². The molecule has 4 aromatic rings. The molecular formula is C17H11N7O2. The molecule has 126 valence electrons. The third kappa shape index (κ3) is 3.29. The van der Waals surface area contributed by atoms with Crippen LogP contribution in [0.15, 0.2) is 51.9 Å². The second kappa shape index (κ2) is 6.90. The van der Waals surface area contributed by atoms with Gasteiger partial charge in [-0.05, 0) is 24.3 Å². The summed E-state index contributed by atoms with van der Waals surface area (Å²) in [5.74, 6) is 1.80. The van der Waals surface area contributed by atoms with Crippen molar-refractivity contribution in [2.24, 2.45) is 0 Å². The van der Waals surface area contributed by atoms with Crippen molar-refractivity contribution in [1.82, 2.24) is 30.2 Å². The minimum absolute atomic E-state index is 0.368. The van der Waals surface area contributed by atoms with Gasteiger partial charge in [0.05, 0.1) is 5.56 Å². The molecule has 4 rings (SSSR count). The highest BCUT2D eigenvalue weighted by atomic mass is 16.5. The Bertz CT molecular complexity index is 1050. The Hall–Kier alpha value is -3.93. The van der Waals surface area contributed by atoms with Crippen molar-refractivity contribution in [3.05, 3.63) is 60.2 Å². The Morgan fingerprint density at radius 2 is 1.58 bits per heavy atom. The number of nitrogens with zero attached hydrogens (tertiary/aromatic N) is 7. The molecule has 0 unspecified atom stereocenters. The predicted octanol–water partition coefficient (Wildman–Crippen LogP) is 2.23. The standard InChI is InChI=1S/C17H11N7O2/c18-9-11-1-2-13(20-10-11)17-22-15(26-24-17)4-3-14-21-16(23-25-14)12-5-7-19-8-6-12/h1-2,5-8,10H,3-4H2. The van der Waals surface area contributed by atoms with Crippen LogP contribution in [-0.2, 0) is 12.8 Å². The molecule has 0 saturated heterocycles. The minimum atomic E-state index is 0.368. The zero-order valence-electron chi connectivity index (χ0n) is 13.4. The summed E-state index contributed by atoms with van der Waals surface area (Å²) in [4.78, 5) is 16.7. The van der Waals surface area contributed by atoms with E-state index in [-0.39, 0.29) is 0 Å². The maximum atomic E-state index is 8.79. The molecule has 0 aliphatic rings.